The number of hydrogen-bond donors (Lipinski definition) is 1. The summed E-state index contributed by atoms with van der Waals surface area (Å²) >= 11 is 3.36. The van der Waals surface area contributed by atoms with E-state index < -0.39 is 0 Å². The van der Waals surface area contributed by atoms with E-state index in [1.165, 1.54) is 6.92 Å². The van der Waals surface area contributed by atoms with E-state index in [1.807, 2.05) is 19.1 Å². The third-order valence-corrected chi connectivity index (χ3v) is 3.97. The van der Waals surface area contributed by atoms with Gasteiger partial charge in [0.25, 0.3) is 0 Å². The minimum Gasteiger partial charge on any atom is -0.311 e. The first-order chi connectivity index (χ1) is 11.4. The van der Waals surface area contributed by atoms with E-state index in [0.717, 1.165) is 17.7 Å². The molecule has 1 aliphatic rings. The maximum atomic E-state index is 11.4. The molecule has 1 atom stereocenters. The van der Waals surface area contributed by atoms with Crippen LogP contribution in [0, 0.1) is 0 Å². The van der Waals surface area contributed by atoms with Crippen LogP contribution in [0.25, 0.3) is 11.3 Å². The van der Waals surface area contributed by atoms with Crippen molar-refractivity contribution in [2.75, 3.05) is 10.3 Å². The summed E-state index contributed by atoms with van der Waals surface area (Å²) < 4.78 is 0.713. The van der Waals surface area contributed by atoms with Gasteiger partial charge in [-0.3, -0.25) is 4.79 Å². The fraction of sp³-hybridized carbons (Fsp3) is 0.312. The van der Waals surface area contributed by atoms with Crippen LogP contribution in [0.4, 0.5) is 11.8 Å². The van der Waals surface area contributed by atoms with Crippen molar-refractivity contribution >= 4 is 39.3 Å². The first-order valence-electron chi connectivity index (χ1n) is 7.54. The predicted octanol–water partition coefficient (Wildman–Crippen LogP) is 3.23. The van der Waals surface area contributed by atoms with Gasteiger partial charge in [-0.15, -0.1) is 0 Å². The molecule has 1 amide bonds. The van der Waals surface area contributed by atoms with Crippen LogP contribution < -0.4 is 10.3 Å². The third kappa shape index (κ3) is 3.59. The van der Waals surface area contributed by atoms with Crippen molar-refractivity contribution in [2.45, 2.75) is 33.2 Å². The normalized spacial score (nSPS) is 16.9. The Morgan fingerprint density at radius 1 is 1.38 bits per heavy atom. The number of carbonyl (C=O) groups excluding carboxylic acids is 1. The molecule has 7 nitrogen and oxygen atoms in total. The Hall–Kier alpha value is -2.35. The largest absolute Gasteiger partial charge is 0.311 e. The molecule has 0 radical (unpaired) electrons. The van der Waals surface area contributed by atoms with Gasteiger partial charge in [0.2, 0.25) is 11.9 Å². The molecule has 0 aliphatic carbocycles. The van der Waals surface area contributed by atoms with E-state index in [2.05, 4.69) is 48.2 Å². The lowest BCUT2D eigenvalue weighted by Crippen LogP contribution is -2.25. The molecule has 0 saturated carbocycles. The number of rotatable bonds is 3. The maximum Gasteiger partial charge on any atom is 0.249 e. The molecule has 1 aliphatic heterocycles. The number of pyridine rings is 1. The van der Waals surface area contributed by atoms with Crippen molar-refractivity contribution in [2.24, 2.45) is 5.10 Å². The molecule has 3 rings (SSSR count). The van der Waals surface area contributed by atoms with Crippen LogP contribution in [0.3, 0.4) is 0 Å². The van der Waals surface area contributed by atoms with E-state index in [4.69, 9.17) is 0 Å². The number of hydrazone groups is 1. The van der Waals surface area contributed by atoms with Gasteiger partial charge in [-0.2, -0.15) is 10.1 Å². The lowest BCUT2D eigenvalue weighted by atomic mass is 10.2. The fourth-order valence-electron chi connectivity index (χ4n) is 2.57. The quantitative estimate of drug-likeness (QED) is 0.815. The van der Waals surface area contributed by atoms with Gasteiger partial charge in [-0.25, -0.2) is 15.0 Å². The summed E-state index contributed by atoms with van der Waals surface area (Å²) in [5.74, 6) is 0.728. The predicted molar refractivity (Wildman–Crippen MR) is 96.9 cm³/mol. The number of nitrogens with one attached hydrogen (secondary N) is 1. The van der Waals surface area contributed by atoms with E-state index in [0.29, 0.717) is 22.1 Å². The molecule has 2 aromatic heterocycles. The van der Waals surface area contributed by atoms with E-state index in [1.54, 1.807) is 17.3 Å². The van der Waals surface area contributed by atoms with Crippen LogP contribution in [0.2, 0.25) is 0 Å². The van der Waals surface area contributed by atoms with Crippen LogP contribution in [0.15, 0.2) is 34.1 Å². The van der Waals surface area contributed by atoms with Gasteiger partial charge < -0.3 is 5.32 Å². The van der Waals surface area contributed by atoms with Crippen molar-refractivity contribution in [3.8, 4) is 11.3 Å². The standard InChI is InChI=1S/C16H17BrN6O/c1-9-6-10(2)23(22-9)16-20-13(8-15(21-16)19-11(3)24)12-4-5-18-14(17)7-12/h4-5,7-8,10H,6H2,1-3H3,(H,19,20,21,24). The van der Waals surface area contributed by atoms with Gasteiger partial charge in [0.05, 0.1) is 11.7 Å². The molecule has 0 aromatic carbocycles. The molecule has 0 bridgehead atoms. The molecule has 0 saturated heterocycles. The summed E-state index contributed by atoms with van der Waals surface area (Å²) in [6.45, 7) is 5.50. The zero-order valence-electron chi connectivity index (χ0n) is 13.6. The number of nitrogens with zero attached hydrogens (tertiary/aromatic N) is 5. The van der Waals surface area contributed by atoms with Gasteiger partial charge >= 0.3 is 0 Å². The van der Waals surface area contributed by atoms with Gasteiger partial charge in [0.1, 0.15) is 10.4 Å². The molecule has 8 heteroatoms. The molecule has 2 aromatic rings. The molecule has 0 fully saturated rings. The maximum absolute atomic E-state index is 11.4. The number of amides is 1. The number of carbonyl (C=O) groups is 1. The molecule has 0 spiro atoms. The van der Waals surface area contributed by atoms with Crippen molar-refractivity contribution in [1.29, 1.82) is 0 Å². The minimum atomic E-state index is -0.185. The number of halogens is 1. The molecule has 1 N–H and O–H groups in total. The minimum absolute atomic E-state index is 0.176. The Balaban J connectivity index is 2.08. The highest BCUT2D eigenvalue weighted by molar-refractivity contribution is 9.10. The lowest BCUT2D eigenvalue weighted by molar-refractivity contribution is -0.114. The molecule has 24 heavy (non-hydrogen) atoms. The zero-order chi connectivity index (χ0) is 17.3. The topological polar surface area (TPSA) is 83.4 Å². The van der Waals surface area contributed by atoms with E-state index in [-0.39, 0.29) is 11.9 Å². The summed E-state index contributed by atoms with van der Waals surface area (Å²) in [7, 11) is 0. The SMILES string of the molecule is CC(=O)Nc1cc(-c2ccnc(Br)c2)nc(N2N=C(C)CC2C)n1. The highest BCUT2D eigenvalue weighted by Gasteiger charge is 2.24. The summed E-state index contributed by atoms with van der Waals surface area (Å²) in [6, 6.07) is 5.64. The van der Waals surface area contributed by atoms with Crippen molar-refractivity contribution in [3.05, 3.63) is 29.0 Å². The second-order valence-electron chi connectivity index (χ2n) is 5.72. The fourth-order valence-corrected chi connectivity index (χ4v) is 2.94. The Kier molecular flexibility index (Phi) is 4.57. The van der Waals surface area contributed by atoms with Crippen LogP contribution in [0.5, 0.6) is 0 Å². The summed E-state index contributed by atoms with van der Waals surface area (Å²) in [5, 5.41) is 9.02. The van der Waals surface area contributed by atoms with Crippen LogP contribution in [0.1, 0.15) is 27.2 Å². The Bertz CT molecular complexity index is 822. The van der Waals surface area contributed by atoms with E-state index >= 15 is 0 Å². The highest BCUT2D eigenvalue weighted by atomic mass is 79.9. The Morgan fingerprint density at radius 2 is 2.17 bits per heavy atom. The first kappa shape index (κ1) is 16.5. The summed E-state index contributed by atoms with van der Waals surface area (Å²) in [5.41, 5.74) is 2.60. The second kappa shape index (κ2) is 6.64. The Morgan fingerprint density at radius 3 is 2.79 bits per heavy atom. The smallest absolute Gasteiger partial charge is 0.249 e. The molecular weight excluding hydrogens is 372 g/mol. The van der Waals surface area contributed by atoms with E-state index in [9.17, 15) is 4.79 Å². The van der Waals surface area contributed by atoms with Gasteiger partial charge in [-0.05, 0) is 41.9 Å². The molecule has 1 unspecified atom stereocenters. The van der Waals surface area contributed by atoms with Crippen LogP contribution >= 0.6 is 15.9 Å². The van der Waals surface area contributed by atoms with Crippen LogP contribution in [-0.4, -0.2) is 32.6 Å². The average Bonchev–Trinajstić information content (AvgIpc) is 2.85. The second-order valence-corrected chi connectivity index (χ2v) is 6.53. The first-order valence-corrected chi connectivity index (χ1v) is 8.33. The van der Waals surface area contributed by atoms with Gasteiger partial charge in [-0.1, -0.05) is 0 Å². The summed E-state index contributed by atoms with van der Waals surface area (Å²) in [6.07, 6.45) is 2.56. The zero-order valence-corrected chi connectivity index (χ0v) is 15.2. The van der Waals surface area contributed by atoms with Crippen molar-refractivity contribution < 1.29 is 4.79 Å². The highest BCUT2D eigenvalue weighted by Crippen LogP contribution is 2.27. The van der Waals surface area contributed by atoms with Crippen molar-refractivity contribution in [1.82, 2.24) is 15.0 Å². The lowest BCUT2D eigenvalue weighted by Gasteiger charge is -2.19. The number of hydrogen-bond acceptors (Lipinski definition) is 6. The number of aromatic nitrogens is 3. The van der Waals surface area contributed by atoms with Crippen molar-refractivity contribution in [3.63, 3.8) is 0 Å². The monoisotopic (exact) mass is 388 g/mol. The summed E-state index contributed by atoms with van der Waals surface area (Å²) in [4.78, 5) is 24.6. The number of anilines is 2. The average molecular weight is 389 g/mol. The third-order valence-electron chi connectivity index (χ3n) is 3.53. The van der Waals surface area contributed by atoms with Gasteiger partial charge in [0.15, 0.2) is 0 Å². The molecule has 124 valence electrons. The van der Waals surface area contributed by atoms with Crippen LogP contribution in [-0.2, 0) is 4.79 Å². The van der Waals surface area contributed by atoms with Gasteiger partial charge in [0, 0.05) is 36.9 Å². The Labute approximate surface area is 148 Å². The molecular formula is C16H17BrN6O. The molecule has 3 heterocycles.